The van der Waals surface area contributed by atoms with E-state index in [0.717, 1.165) is 18.6 Å². The van der Waals surface area contributed by atoms with Crippen molar-refractivity contribution in [3.05, 3.63) is 59.5 Å². The SMILES string of the molecule is Cc1ccccc1CN(C)C(=O)N[C@H](C)CCc1ccco1. The molecule has 4 nitrogen and oxygen atoms in total. The number of furan rings is 1. The zero-order valence-corrected chi connectivity index (χ0v) is 13.5. The van der Waals surface area contributed by atoms with Gasteiger partial charge in [0.25, 0.3) is 0 Å². The van der Waals surface area contributed by atoms with Crippen molar-refractivity contribution in [1.82, 2.24) is 10.2 Å². The number of hydrogen-bond donors (Lipinski definition) is 1. The monoisotopic (exact) mass is 300 g/mol. The Labute approximate surface area is 132 Å². The molecule has 1 N–H and O–H groups in total. The summed E-state index contributed by atoms with van der Waals surface area (Å²) in [6, 6.07) is 12.0. The van der Waals surface area contributed by atoms with Crippen LogP contribution < -0.4 is 5.32 Å². The van der Waals surface area contributed by atoms with Gasteiger partial charge in [-0.1, -0.05) is 24.3 Å². The van der Waals surface area contributed by atoms with E-state index in [4.69, 9.17) is 4.42 Å². The van der Waals surface area contributed by atoms with Gasteiger partial charge in [0.15, 0.2) is 0 Å². The van der Waals surface area contributed by atoms with E-state index in [1.807, 2.05) is 38.2 Å². The summed E-state index contributed by atoms with van der Waals surface area (Å²) in [7, 11) is 1.82. The summed E-state index contributed by atoms with van der Waals surface area (Å²) in [5.41, 5.74) is 2.37. The van der Waals surface area contributed by atoms with Crippen molar-refractivity contribution >= 4 is 6.03 Å². The average molecular weight is 300 g/mol. The van der Waals surface area contributed by atoms with Crippen molar-refractivity contribution in [2.24, 2.45) is 0 Å². The molecule has 1 heterocycles. The summed E-state index contributed by atoms with van der Waals surface area (Å²) < 4.78 is 5.31. The summed E-state index contributed by atoms with van der Waals surface area (Å²) >= 11 is 0. The quantitative estimate of drug-likeness (QED) is 0.883. The predicted molar refractivity (Wildman–Crippen MR) is 87.7 cm³/mol. The molecular formula is C18H24N2O2. The van der Waals surface area contributed by atoms with Crippen LogP contribution in [0.3, 0.4) is 0 Å². The van der Waals surface area contributed by atoms with Gasteiger partial charge in [-0.2, -0.15) is 0 Å². The number of carbonyl (C=O) groups excluding carboxylic acids is 1. The fraction of sp³-hybridized carbons (Fsp3) is 0.389. The van der Waals surface area contributed by atoms with Gasteiger partial charge >= 0.3 is 6.03 Å². The van der Waals surface area contributed by atoms with E-state index >= 15 is 0 Å². The molecular weight excluding hydrogens is 276 g/mol. The molecule has 0 aliphatic carbocycles. The van der Waals surface area contributed by atoms with Gasteiger partial charge in [0.2, 0.25) is 0 Å². The Bertz CT molecular complexity index is 593. The minimum atomic E-state index is -0.0461. The van der Waals surface area contributed by atoms with Crippen LogP contribution in [0.25, 0.3) is 0 Å². The third kappa shape index (κ3) is 4.65. The summed E-state index contributed by atoms with van der Waals surface area (Å²) in [6.07, 6.45) is 3.36. The molecule has 2 rings (SSSR count). The smallest absolute Gasteiger partial charge is 0.317 e. The van der Waals surface area contributed by atoms with Crippen LogP contribution in [0.2, 0.25) is 0 Å². The first-order valence-corrected chi connectivity index (χ1v) is 7.65. The van der Waals surface area contributed by atoms with E-state index in [9.17, 15) is 4.79 Å². The summed E-state index contributed by atoms with van der Waals surface area (Å²) in [5.74, 6) is 0.953. The van der Waals surface area contributed by atoms with Gasteiger partial charge in [0.1, 0.15) is 5.76 Å². The maximum Gasteiger partial charge on any atom is 0.317 e. The van der Waals surface area contributed by atoms with Crippen molar-refractivity contribution in [2.45, 2.75) is 39.3 Å². The van der Waals surface area contributed by atoms with E-state index in [1.54, 1.807) is 11.2 Å². The third-order valence-corrected chi connectivity index (χ3v) is 3.79. The zero-order chi connectivity index (χ0) is 15.9. The second-order valence-corrected chi connectivity index (χ2v) is 5.75. The molecule has 0 radical (unpaired) electrons. The molecule has 0 fully saturated rings. The van der Waals surface area contributed by atoms with Crippen LogP contribution in [-0.4, -0.2) is 24.0 Å². The lowest BCUT2D eigenvalue weighted by molar-refractivity contribution is 0.202. The lowest BCUT2D eigenvalue weighted by Crippen LogP contribution is -2.41. The second-order valence-electron chi connectivity index (χ2n) is 5.75. The van der Waals surface area contributed by atoms with Crippen LogP contribution in [0.15, 0.2) is 47.1 Å². The first kappa shape index (κ1) is 16.1. The maximum absolute atomic E-state index is 12.2. The van der Waals surface area contributed by atoms with Crippen LogP contribution in [0.4, 0.5) is 4.79 Å². The molecule has 1 aromatic heterocycles. The highest BCUT2D eigenvalue weighted by molar-refractivity contribution is 5.74. The van der Waals surface area contributed by atoms with E-state index in [1.165, 1.54) is 11.1 Å². The molecule has 0 aliphatic heterocycles. The van der Waals surface area contributed by atoms with Gasteiger partial charge in [-0.3, -0.25) is 0 Å². The Morgan fingerprint density at radius 3 is 2.73 bits per heavy atom. The summed E-state index contributed by atoms with van der Waals surface area (Å²) in [4.78, 5) is 13.9. The molecule has 0 bridgehead atoms. The largest absolute Gasteiger partial charge is 0.469 e. The van der Waals surface area contributed by atoms with Gasteiger partial charge < -0.3 is 14.6 Å². The molecule has 22 heavy (non-hydrogen) atoms. The number of rotatable bonds is 6. The van der Waals surface area contributed by atoms with Crippen LogP contribution in [0.5, 0.6) is 0 Å². The molecule has 4 heteroatoms. The maximum atomic E-state index is 12.2. The molecule has 1 aromatic carbocycles. The fourth-order valence-corrected chi connectivity index (χ4v) is 2.32. The van der Waals surface area contributed by atoms with Gasteiger partial charge in [0, 0.05) is 26.1 Å². The minimum absolute atomic E-state index is 0.0461. The van der Waals surface area contributed by atoms with Crippen LogP contribution in [0.1, 0.15) is 30.2 Å². The van der Waals surface area contributed by atoms with E-state index in [-0.39, 0.29) is 12.1 Å². The third-order valence-electron chi connectivity index (χ3n) is 3.79. The Morgan fingerprint density at radius 1 is 1.27 bits per heavy atom. The highest BCUT2D eigenvalue weighted by atomic mass is 16.3. The molecule has 0 unspecified atom stereocenters. The summed E-state index contributed by atoms with van der Waals surface area (Å²) in [5, 5.41) is 3.03. The molecule has 1 atom stereocenters. The summed E-state index contributed by atoms with van der Waals surface area (Å²) in [6.45, 7) is 4.69. The number of benzene rings is 1. The van der Waals surface area contributed by atoms with Gasteiger partial charge in [-0.05, 0) is 43.5 Å². The lowest BCUT2D eigenvalue weighted by atomic mass is 10.1. The van der Waals surface area contributed by atoms with Crippen molar-refractivity contribution in [3.63, 3.8) is 0 Å². The average Bonchev–Trinajstić information content (AvgIpc) is 3.00. The first-order valence-electron chi connectivity index (χ1n) is 7.65. The van der Waals surface area contributed by atoms with E-state index in [0.29, 0.717) is 6.54 Å². The molecule has 2 aromatic rings. The highest BCUT2D eigenvalue weighted by Crippen LogP contribution is 2.10. The molecule has 0 saturated heterocycles. The van der Waals surface area contributed by atoms with Crippen molar-refractivity contribution in [1.29, 1.82) is 0 Å². The molecule has 2 amide bonds. The second kappa shape index (κ2) is 7.69. The number of amides is 2. The van der Waals surface area contributed by atoms with E-state index in [2.05, 4.69) is 24.4 Å². The normalized spacial score (nSPS) is 12.0. The van der Waals surface area contributed by atoms with Gasteiger partial charge in [-0.15, -0.1) is 0 Å². The predicted octanol–water partition coefficient (Wildman–Crippen LogP) is 3.75. The number of urea groups is 1. The Balaban J connectivity index is 1.79. The molecule has 118 valence electrons. The van der Waals surface area contributed by atoms with Gasteiger partial charge in [-0.25, -0.2) is 4.79 Å². The minimum Gasteiger partial charge on any atom is -0.469 e. The Hall–Kier alpha value is -2.23. The topological polar surface area (TPSA) is 45.5 Å². The Morgan fingerprint density at radius 2 is 2.05 bits per heavy atom. The van der Waals surface area contributed by atoms with Crippen molar-refractivity contribution in [3.8, 4) is 0 Å². The highest BCUT2D eigenvalue weighted by Gasteiger charge is 2.13. The molecule has 0 spiro atoms. The van der Waals surface area contributed by atoms with Crippen LogP contribution in [-0.2, 0) is 13.0 Å². The number of aryl methyl sites for hydroxylation is 2. The fourth-order valence-electron chi connectivity index (χ4n) is 2.32. The molecule has 0 aliphatic rings. The zero-order valence-electron chi connectivity index (χ0n) is 13.5. The van der Waals surface area contributed by atoms with Crippen molar-refractivity contribution < 1.29 is 9.21 Å². The number of carbonyl (C=O) groups is 1. The van der Waals surface area contributed by atoms with E-state index < -0.39 is 0 Å². The van der Waals surface area contributed by atoms with Crippen LogP contribution >= 0.6 is 0 Å². The Kier molecular flexibility index (Phi) is 5.64. The lowest BCUT2D eigenvalue weighted by Gasteiger charge is -2.22. The van der Waals surface area contributed by atoms with Gasteiger partial charge in [0.05, 0.1) is 6.26 Å². The van der Waals surface area contributed by atoms with Crippen LogP contribution in [0, 0.1) is 6.92 Å². The molecule has 0 saturated carbocycles. The number of nitrogens with one attached hydrogen (secondary N) is 1. The number of nitrogens with zero attached hydrogens (tertiary/aromatic N) is 1. The number of hydrogen-bond acceptors (Lipinski definition) is 2. The first-order chi connectivity index (χ1) is 10.6. The standard InChI is InChI=1S/C18H24N2O2/c1-14-7-4-5-8-16(14)13-20(3)18(21)19-15(2)10-11-17-9-6-12-22-17/h4-9,12,15H,10-11,13H2,1-3H3,(H,19,21)/t15-/m1/s1. The van der Waals surface area contributed by atoms with Crippen molar-refractivity contribution in [2.75, 3.05) is 7.05 Å².